The standard InChI is InChI=1S/C9H18O2/c1-6(2)7(8(10)11)9(3,4)5/h6-7H,1-5H3,(H,10,11)/t7-/m0/s1. The van der Waals surface area contributed by atoms with E-state index in [0.29, 0.717) is 0 Å². The Bertz CT molecular complexity index is 142. The highest BCUT2D eigenvalue weighted by atomic mass is 16.4. The number of carboxylic acid groups (broad SMARTS) is 1. The first-order chi connectivity index (χ1) is 4.76. The van der Waals surface area contributed by atoms with Crippen LogP contribution in [-0.2, 0) is 4.79 Å². The number of aliphatic carboxylic acids is 1. The molecule has 0 aromatic heterocycles. The molecule has 0 rings (SSSR count). The largest absolute Gasteiger partial charge is 0.481 e. The first kappa shape index (κ1) is 10.5. The third-order valence-corrected chi connectivity index (χ3v) is 1.87. The summed E-state index contributed by atoms with van der Waals surface area (Å²) in [5.74, 6) is -0.734. The topological polar surface area (TPSA) is 37.3 Å². The van der Waals surface area contributed by atoms with E-state index in [0.717, 1.165) is 0 Å². The summed E-state index contributed by atoms with van der Waals surface area (Å²) >= 11 is 0. The van der Waals surface area contributed by atoms with Crippen LogP contribution in [0.25, 0.3) is 0 Å². The van der Waals surface area contributed by atoms with Crippen LogP contribution in [-0.4, -0.2) is 11.1 Å². The van der Waals surface area contributed by atoms with Gasteiger partial charge in [-0.25, -0.2) is 0 Å². The van der Waals surface area contributed by atoms with Crippen molar-refractivity contribution >= 4 is 5.97 Å². The zero-order valence-electron chi connectivity index (χ0n) is 8.01. The summed E-state index contributed by atoms with van der Waals surface area (Å²) in [5.41, 5.74) is -0.139. The maximum absolute atomic E-state index is 10.8. The molecule has 0 heterocycles. The Morgan fingerprint density at radius 3 is 1.64 bits per heavy atom. The summed E-state index contributed by atoms with van der Waals surface area (Å²) in [4.78, 5) is 10.8. The van der Waals surface area contributed by atoms with Gasteiger partial charge in [0, 0.05) is 0 Å². The molecule has 11 heavy (non-hydrogen) atoms. The van der Waals surface area contributed by atoms with Gasteiger partial charge in [-0.15, -0.1) is 0 Å². The molecule has 1 N–H and O–H groups in total. The molecule has 0 unspecified atom stereocenters. The van der Waals surface area contributed by atoms with Gasteiger partial charge in [0.15, 0.2) is 0 Å². The lowest BCUT2D eigenvalue weighted by molar-refractivity contribution is -0.147. The molecule has 0 aromatic rings. The number of hydrogen-bond donors (Lipinski definition) is 1. The Morgan fingerprint density at radius 2 is 1.64 bits per heavy atom. The van der Waals surface area contributed by atoms with E-state index in [1.54, 1.807) is 0 Å². The Kier molecular flexibility index (Phi) is 3.09. The van der Waals surface area contributed by atoms with Crippen LogP contribution in [0.5, 0.6) is 0 Å². The zero-order valence-corrected chi connectivity index (χ0v) is 8.01. The van der Waals surface area contributed by atoms with E-state index in [9.17, 15) is 4.79 Å². The molecule has 0 aromatic carbocycles. The molecule has 2 nitrogen and oxygen atoms in total. The van der Waals surface area contributed by atoms with E-state index >= 15 is 0 Å². The van der Waals surface area contributed by atoms with Gasteiger partial charge in [-0.2, -0.15) is 0 Å². The van der Waals surface area contributed by atoms with Gasteiger partial charge in [-0.05, 0) is 11.3 Å². The van der Waals surface area contributed by atoms with Crippen molar-refractivity contribution in [1.82, 2.24) is 0 Å². The first-order valence-electron chi connectivity index (χ1n) is 3.99. The second-order valence-electron chi connectivity index (χ2n) is 4.43. The van der Waals surface area contributed by atoms with Gasteiger partial charge < -0.3 is 5.11 Å². The van der Waals surface area contributed by atoms with E-state index in [4.69, 9.17) is 5.11 Å². The van der Waals surface area contributed by atoms with Gasteiger partial charge >= 0.3 is 5.97 Å². The zero-order chi connectivity index (χ0) is 9.23. The second kappa shape index (κ2) is 3.24. The van der Waals surface area contributed by atoms with Gasteiger partial charge in [0.2, 0.25) is 0 Å². The highest BCUT2D eigenvalue weighted by Crippen LogP contribution is 2.31. The monoisotopic (exact) mass is 158 g/mol. The molecule has 0 aliphatic rings. The molecule has 0 saturated heterocycles. The van der Waals surface area contributed by atoms with Gasteiger partial charge in [0.25, 0.3) is 0 Å². The normalized spacial score (nSPS) is 15.1. The van der Waals surface area contributed by atoms with E-state index in [1.165, 1.54) is 0 Å². The molecule has 0 amide bonds. The van der Waals surface area contributed by atoms with Crippen LogP contribution in [0.15, 0.2) is 0 Å². The van der Waals surface area contributed by atoms with Crippen molar-refractivity contribution in [2.45, 2.75) is 34.6 Å². The van der Waals surface area contributed by atoms with Gasteiger partial charge in [0.1, 0.15) is 0 Å². The molecule has 0 saturated carbocycles. The fourth-order valence-corrected chi connectivity index (χ4v) is 1.66. The summed E-state index contributed by atoms with van der Waals surface area (Å²) in [6, 6.07) is 0. The van der Waals surface area contributed by atoms with Gasteiger partial charge in [-0.1, -0.05) is 34.6 Å². The first-order valence-corrected chi connectivity index (χ1v) is 3.99. The summed E-state index contributed by atoms with van der Waals surface area (Å²) in [6.07, 6.45) is 0. The minimum Gasteiger partial charge on any atom is -0.481 e. The summed E-state index contributed by atoms with van der Waals surface area (Å²) in [7, 11) is 0. The summed E-state index contributed by atoms with van der Waals surface area (Å²) in [6.45, 7) is 9.79. The fourth-order valence-electron chi connectivity index (χ4n) is 1.66. The minimum atomic E-state index is -0.688. The third-order valence-electron chi connectivity index (χ3n) is 1.87. The van der Waals surface area contributed by atoms with Crippen molar-refractivity contribution in [1.29, 1.82) is 0 Å². The van der Waals surface area contributed by atoms with Crippen molar-refractivity contribution in [2.24, 2.45) is 17.3 Å². The van der Waals surface area contributed by atoms with Crippen molar-refractivity contribution < 1.29 is 9.90 Å². The molecule has 66 valence electrons. The Morgan fingerprint density at radius 1 is 1.27 bits per heavy atom. The molecule has 0 aliphatic carbocycles. The van der Waals surface area contributed by atoms with E-state index in [1.807, 2.05) is 34.6 Å². The highest BCUT2D eigenvalue weighted by Gasteiger charge is 2.33. The predicted octanol–water partition coefficient (Wildman–Crippen LogP) is 2.39. The summed E-state index contributed by atoms with van der Waals surface area (Å²) < 4.78 is 0. The van der Waals surface area contributed by atoms with Crippen LogP contribution < -0.4 is 0 Å². The molecule has 1 atom stereocenters. The lowest BCUT2D eigenvalue weighted by Crippen LogP contribution is -2.32. The van der Waals surface area contributed by atoms with Crippen LogP contribution in [0, 0.1) is 17.3 Å². The van der Waals surface area contributed by atoms with E-state index in [2.05, 4.69) is 0 Å². The van der Waals surface area contributed by atoms with Crippen molar-refractivity contribution in [2.75, 3.05) is 0 Å². The summed E-state index contributed by atoms with van der Waals surface area (Å²) in [5, 5.41) is 8.88. The average molecular weight is 158 g/mol. The Labute approximate surface area is 68.6 Å². The lowest BCUT2D eigenvalue weighted by Gasteiger charge is -2.29. The molecule has 0 spiro atoms. The van der Waals surface area contributed by atoms with E-state index in [-0.39, 0.29) is 17.3 Å². The second-order valence-corrected chi connectivity index (χ2v) is 4.43. The van der Waals surface area contributed by atoms with Crippen LogP contribution >= 0.6 is 0 Å². The van der Waals surface area contributed by atoms with Crippen molar-refractivity contribution in [3.63, 3.8) is 0 Å². The quantitative estimate of drug-likeness (QED) is 0.670. The SMILES string of the molecule is CC(C)[C@@H](C(=O)O)C(C)(C)C. The average Bonchev–Trinajstić information content (AvgIpc) is 1.54. The van der Waals surface area contributed by atoms with Crippen molar-refractivity contribution in [3.8, 4) is 0 Å². The van der Waals surface area contributed by atoms with Crippen LogP contribution in [0.4, 0.5) is 0 Å². The molecular formula is C9H18O2. The van der Waals surface area contributed by atoms with Crippen LogP contribution in [0.2, 0.25) is 0 Å². The fraction of sp³-hybridized carbons (Fsp3) is 0.889. The molecule has 2 heteroatoms. The highest BCUT2D eigenvalue weighted by molar-refractivity contribution is 5.71. The molecule has 0 radical (unpaired) electrons. The molecular weight excluding hydrogens is 140 g/mol. The number of carboxylic acids is 1. The Hall–Kier alpha value is -0.530. The van der Waals surface area contributed by atoms with Gasteiger partial charge in [-0.3, -0.25) is 4.79 Å². The third kappa shape index (κ3) is 2.91. The van der Waals surface area contributed by atoms with E-state index < -0.39 is 5.97 Å². The van der Waals surface area contributed by atoms with Gasteiger partial charge in [0.05, 0.1) is 5.92 Å². The minimum absolute atomic E-state index is 0.139. The predicted molar refractivity (Wildman–Crippen MR) is 45.4 cm³/mol. The van der Waals surface area contributed by atoms with Crippen LogP contribution in [0.1, 0.15) is 34.6 Å². The van der Waals surface area contributed by atoms with Crippen molar-refractivity contribution in [3.05, 3.63) is 0 Å². The molecule has 0 bridgehead atoms. The Balaban J connectivity index is 4.49. The number of carbonyl (C=O) groups is 1. The number of rotatable bonds is 2. The molecule has 0 aliphatic heterocycles. The lowest BCUT2D eigenvalue weighted by atomic mass is 9.74. The maximum atomic E-state index is 10.8. The molecule has 0 fully saturated rings. The van der Waals surface area contributed by atoms with Crippen LogP contribution in [0.3, 0.4) is 0 Å². The smallest absolute Gasteiger partial charge is 0.307 e. The number of hydrogen-bond acceptors (Lipinski definition) is 1. The maximum Gasteiger partial charge on any atom is 0.307 e.